The van der Waals surface area contributed by atoms with E-state index in [1.807, 2.05) is 18.2 Å². The smallest absolute Gasteiger partial charge is 0.153 e. The molecule has 1 aromatic heterocycles. The van der Waals surface area contributed by atoms with Crippen molar-refractivity contribution in [3.63, 3.8) is 0 Å². The first kappa shape index (κ1) is 6.93. The summed E-state index contributed by atoms with van der Waals surface area (Å²) >= 11 is 0. The fourth-order valence-electron chi connectivity index (χ4n) is 1.13. The maximum absolute atomic E-state index is 5.57. The van der Waals surface area contributed by atoms with E-state index in [1.165, 1.54) is 0 Å². The van der Waals surface area contributed by atoms with Gasteiger partial charge in [0.2, 0.25) is 0 Å². The van der Waals surface area contributed by atoms with Crippen molar-refractivity contribution in [1.29, 1.82) is 0 Å². The van der Waals surface area contributed by atoms with E-state index in [2.05, 4.69) is 15.6 Å². The van der Waals surface area contributed by atoms with Crippen LogP contribution in [0.25, 0.3) is 10.9 Å². The molecule has 0 saturated heterocycles. The zero-order chi connectivity index (χ0) is 8.55. The van der Waals surface area contributed by atoms with Gasteiger partial charge < -0.3 is 11.2 Å². The van der Waals surface area contributed by atoms with Gasteiger partial charge in [-0.3, -0.25) is 10.9 Å². The third kappa shape index (κ3) is 0.876. The van der Waals surface area contributed by atoms with Crippen LogP contribution in [0.5, 0.6) is 0 Å². The van der Waals surface area contributed by atoms with Gasteiger partial charge in [-0.1, -0.05) is 0 Å². The molecule has 5 nitrogen and oxygen atoms in total. The lowest BCUT2D eigenvalue weighted by Gasteiger charge is -1.97. The number of hydrazine groups is 1. The van der Waals surface area contributed by atoms with Crippen molar-refractivity contribution in [3.05, 3.63) is 18.2 Å². The van der Waals surface area contributed by atoms with E-state index in [0.717, 1.165) is 16.6 Å². The van der Waals surface area contributed by atoms with E-state index in [0.29, 0.717) is 5.82 Å². The summed E-state index contributed by atoms with van der Waals surface area (Å²) in [5.74, 6) is 5.74. The Morgan fingerprint density at radius 1 is 1.42 bits per heavy atom. The molecule has 2 rings (SSSR count). The summed E-state index contributed by atoms with van der Waals surface area (Å²) in [6.07, 6.45) is 0. The number of aromatic amines is 1. The summed E-state index contributed by atoms with van der Waals surface area (Å²) in [7, 11) is 0. The molecule has 1 heterocycles. The van der Waals surface area contributed by atoms with Crippen molar-refractivity contribution in [2.24, 2.45) is 5.84 Å². The normalized spacial score (nSPS) is 10.4. The van der Waals surface area contributed by atoms with Gasteiger partial charge in [-0.25, -0.2) is 0 Å². The van der Waals surface area contributed by atoms with Gasteiger partial charge >= 0.3 is 0 Å². The van der Waals surface area contributed by atoms with Crippen LogP contribution >= 0.6 is 0 Å². The van der Waals surface area contributed by atoms with Crippen molar-refractivity contribution < 1.29 is 0 Å². The summed E-state index contributed by atoms with van der Waals surface area (Å²) < 4.78 is 0. The van der Waals surface area contributed by atoms with Gasteiger partial charge in [0.05, 0.1) is 11.2 Å². The number of anilines is 2. The first-order valence-electron chi connectivity index (χ1n) is 3.51. The van der Waals surface area contributed by atoms with E-state index in [-0.39, 0.29) is 0 Å². The molecule has 62 valence electrons. The summed E-state index contributed by atoms with van der Waals surface area (Å²) in [6, 6.07) is 5.55. The molecule has 0 radical (unpaired) electrons. The average Bonchev–Trinajstić information content (AvgIpc) is 2.47. The largest absolute Gasteiger partial charge is 0.382 e. The maximum atomic E-state index is 5.57. The zero-order valence-corrected chi connectivity index (χ0v) is 6.33. The molecule has 0 unspecified atom stereocenters. The summed E-state index contributed by atoms with van der Waals surface area (Å²) in [6.45, 7) is 0. The van der Waals surface area contributed by atoms with Gasteiger partial charge in [-0.15, -0.1) is 0 Å². The topological polar surface area (TPSA) is 92.8 Å². The van der Waals surface area contributed by atoms with Crippen LogP contribution in [0.4, 0.5) is 11.5 Å². The minimum absolute atomic E-state index is 0.508. The number of nitrogen functional groups attached to an aromatic ring is 2. The number of H-pyrrole nitrogens is 1. The van der Waals surface area contributed by atoms with Crippen LogP contribution in [0.1, 0.15) is 0 Å². The van der Waals surface area contributed by atoms with E-state index in [9.17, 15) is 0 Å². The first-order valence-corrected chi connectivity index (χ1v) is 3.51. The van der Waals surface area contributed by atoms with Crippen molar-refractivity contribution >= 4 is 22.4 Å². The van der Waals surface area contributed by atoms with Gasteiger partial charge in [0, 0.05) is 5.39 Å². The number of benzene rings is 1. The monoisotopic (exact) mass is 163 g/mol. The Labute approximate surface area is 68.7 Å². The summed E-state index contributed by atoms with van der Waals surface area (Å²) in [5.41, 5.74) is 9.82. The molecular formula is C7H9N5. The van der Waals surface area contributed by atoms with Gasteiger partial charge in [-0.2, -0.15) is 5.10 Å². The Morgan fingerprint density at radius 2 is 2.25 bits per heavy atom. The Morgan fingerprint density at radius 3 is 3.00 bits per heavy atom. The Bertz CT molecular complexity index is 405. The molecule has 6 N–H and O–H groups in total. The van der Waals surface area contributed by atoms with Crippen molar-refractivity contribution in [2.45, 2.75) is 0 Å². The Kier molecular flexibility index (Phi) is 1.38. The number of aromatic nitrogens is 2. The molecule has 0 aliphatic heterocycles. The van der Waals surface area contributed by atoms with E-state index < -0.39 is 0 Å². The van der Waals surface area contributed by atoms with Gasteiger partial charge in [-0.05, 0) is 18.2 Å². The molecular weight excluding hydrogens is 154 g/mol. The van der Waals surface area contributed by atoms with Crippen molar-refractivity contribution in [1.82, 2.24) is 10.2 Å². The van der Waals surface area contributed by atoms with Crippen LogP contribution in [0.2, 0.25) is 0 Å². The second kappa shape index (κ2) is 2.38. The number of hydrogen-bond acceptors (Lipinski definition) is 4. The van der Waals surface area contributed by atoms with Crippen LogP contribution in [-0.4, -0.2) is 10.2 Å². The summed E-state index contributed by atoms with van der Waals surface area (Å²) in [5, 5.41) is 7.56. The number of nitrogens with one attached hydrogen (secondary N) is 2. The van der Waals surface area contributed by atoms with Crippen molar-refractivity contribution in [2.75, 3.05) is 11.2 Å². The lowest BCUT2D eigenvalue weighted by atomic mass is 10.2. The summed E-state index contributed by atoms with van der Waals surface area (Å²) in [4.78, 5) is 0. The van der Waals surface area contributed by atoms with Crippen LogP contribution < -0.4 is 17.0 Å². The number of hydrogen-bond donors (Lipinski definition) is 4. The highest BCUT2D eigenvalue weighted by molar-refractivity contribution is 5.90. The third-order valence-electron chi connectivity index (χ3n) is 1.76. The number of nitrogens with two attached hydrogens (primary N) is 2. The predicted molar refractivity (Wildman–Crippen MR) is 48.3 cm³/mol. The molecule has 12 heavy (non-hydrogen) atoms. The SMILES string of the molecule is NNc1ccc2c(N)n[nH]c2c1. The minimum Gasteiger partial charge on any atom is -0.382 e. The molecule has 0 spiro atoms. The van der Waals surface area contributed by atoms with Crippen LogP contribution in [-0.2, 0) is 0 Å². The Balaban J connectivity index is 2.69. The lowest BCUT2D eigenvalue weighted by molar-refractivity contribution is 1.13. The first-order chi connectivity index (χ1) is 5.81. The third-order valence-corrected chi connectivity index (χ3v) is 1.76. The highest BCUT2D eigenvalue weighted by atomic mass is 15.2. The average molecular weight is 163 g/mol. The molecule has 0 atom stereocenters. The highest BCUT2D eigenvalue weighted by Gasteiger charge is 2.00. The zero-order valence-electron chi connectivity index (χ0n) is 6.33. The molecule has 0 bridgehead atoms. The fraction of sp³-hybridized carbons (Fsp3) is 0. The van der Waals surface area contributed by atoms with Gasteiger partial charge in [0.1, 0.15) is 0 Å². The van der Waals surface area contributed by atoms with E-state index >= 15 is 0 Å². The van der Waals surface area contributed by atoms with Gasteiger partial charge in [0.15, 0.2) is 5.82 Å². The van der Waals surface area contributed by atoms with E-state index in [1.54, 1.807) is 0 Å². The predicted octanol–water partition coefficient (Wildman–Crippen LogP) is 0.431. The van der Waals surface area contributed by atoms with Crippen LogP contribution in [0.3, 0.4) is 0 Å². The highest BCUT2D eigenvalue weighted by Crippen LogP contribution is 2.20. The Hall–Kier alpha value is -1.75. The second-order valence-electron chi connectivity index (χ2n) is 2.51. The molecule has 0 fully saturated rings. The number of fused-ring (bicyclic) bond motifs is 1. The molecule has 0 amide bonds. The van der Waals surface area contributed by atoms with E-state index in [4.69, 9.17) is 11.6 Å². The second-order valence-corrected chi connectivity index (χ2v) is 2.51. The number of rotatable bonds is 1. The van der Waals surface area contributed by atoms with Crippen LogP contribution in [0.15, 0.2) is 18.2 Å². The van der Waals surface area contributed by atoms with Crippen molar-refractivity contribution in [3.8, 4) is 0 Å². The molecule has 1 aromatic carbocycles. The number of nitrogens with zero attached hydrogens (tertiary/aromatic N) is 1. The lowest BCUT2D eigenvalue weighted by Crippen LogP contribution is -2.05. The maximum Gasteiger partial charge on any atom is 0.153 e. The molecule has 0 aliphatic rings. The van der Waals surface area contributed by atoms with Gasteiger partial charge in [0.25, 0.3) is 0 Å². The quantitative estimate of drug-likeness (QED) is 0.362. The molecule has 5 heteroatoms. The molecule has 0 aliphatic carbocycles. The molecule has 0 saturated carbocycles. The van der Waals surface area contributed by atoms with Crippen LogP contribution in [0, 0.1) is 0 Å². The minimum atomic E-state index is 0.508. The molecule has 2 aromatic rings. The standard InChI is InChI=1S/C7H9N5/c8-7-5-2-1-4(10-9)3-6(5)11-12-7/h1-3,10H,9H2,(H3,8,11,12). The fourth-order valence-corrected chi connectivity index (χ4v) is 1.13.